The van der Waals surface area contributed by atoms with Gasteiger partial charge in [0.2, 0.25) is 0 Å². The third-order valence-corrected chi connectivity index (χ3v) is 2.77. The Hall–Kier alpha value is -1.37. The van der Waals surface area contributed by atoms with Crippen LogP contribution in [0.1, 0.15) is 17.5 Å². The number of nitriles is 1. The van der Waals surface area contributed by atoms with E-state index in [0.29, 0.717) is 6.04 Å². The Morgan fingerprint density at radius 3 is 3.07 bits per heavy atom. The van der Waals surface area contributed by atoms with Crippen LogP contribution in [0.25, 0.3) is 0 Å². The fraction of sp³-hybridized carbons (Fsp3) is 0.417. The fourth-order valence-corrected chi connectivity index (χ4v) is 2.00. The molecule has 0 spiro atoms. The highest BCUT2D eigenvalue weighted by Gasteiger charge is 2.18. The molecule has 1 saturated heterocycles. The van der Waals surface area contributed by atoms with Crippen LogP contribution in [0, 0.1) is 11.3 Å². The predicted molar refractivity (Wildman–Crippen MR) is 59.0 cm³/mol. The van der Waals surface area contributed by atoms with E-state index in [-0.39, 0.29) is 0 Å². The topological polar surface area (TPSA) is 53.0 Å². The molecular weight excluding hydrogens is 186 g/mol. The molecule has 0 bridgehead atoms. The number of hydrogen-bond donors (Lipinski definition) is 1. The summed E-state index contributed by atoms with van der Waals surface area (Å²) in [4.78, 5) is 2.33. The number of hydrogen-bond acceptors (Lipinski definition) is 3. The lowest BCUT2D eigenvalue weighted by Gasteiger charge is -2.14. The Morgan fingerprint density at radius 1 is 1.53 bits per heavy atom. The van der Waals surface area contributed by atoms with Gasteiger partial charge in [-0.2, -0.15) is 5.26 Å². The maximum Gasteiger partial charge on any atom is 0.0991 e. The molecule has 1 aromatic rings. The molecule has 2 N–H and O–H groups in total. The van der Waals surface area contributed by atoms with Crippen LogP contribution >= 0.6 is 0 Å². The zero-order chi connectivity index (χ0) is 10.7. The SMILES string of the molecule is N#Cc1cccc(CN2CC[C@@H](N)C2)c1. The first kappa shape index (κ1) is 10.2. The van der Waals surface area contributed by atoms with Crippen LogP contribution in [0.5, 0.6) is 0 Å². The third kappa shape index (κ3) is 2.56. The molecule has 15 heavy (non-hydrogen) atoms. The maximum atomic E-state index is 8.78. The molecular formula is C12H15N3. The van der Waals surface area contributed by atoms with Crippen LogP contribution in [0.3, 0.4) is 0 Å². The summed E-state index contributed by atoms with van der Waals surface area (Å²) in [6, 6.07) is 10.3. The summed E-state index contributed by atoms with van der Waals surface area (Å²) >= 11 is 0. The minimum Gasteiger partial charge on any atom is -0.326 e. The summed E-state index contributed by atoms with van der Waals surface area (Å²) in [6.45, 7) is 2.94. The Kier molecular flexibility index (Phi) is 3.00. The Balaban J connectivity index is 2.02. The molecule has 0 radical (unpaired) electrons. The molecule has 1 aromatic carbocycles. The van der Waals surface area contributed by atoms with Gasteiger partial charge in [-0.1, -0.05) is 12.1 Å². The van der Waals surface area contributed by atoms with Crippen LogP contribution in [0.15, 0.2) is 24.3 Å². The number of nitrogens with zero attached hydrogens (tertiary/aromatic N) is 2. The summed E-state index contributed by atoms with van der Waals surface area (Å²) in [7, 11) is 0. The van der Waals surface area contributed by atoms with Crippen molar-refractivity contribution in [2.24, 2.45) is 5.73 Å². The monoisotopic (exact) mass is 201 g/mol. The number of benzene rings is 1. The van der Waals surface area contributed by atoms with E-state index in [2.05, 4.69) is 17.0 Å². The molecule has 0 saturated carbocycles. The fourth-order valence-electron chi connectivity index (χ4n) is 2.00. The van der Waals surface area contributed by atoms with Gasteiger partial charge in [-0.15, -0.1) is 0 Å². The highest BCUT2D eigenvalue weighted by molar-refractivity contribution is 5.32. The zero-order valence-electron chi connectivity index (χ0n) is 8.69. The minimum atomic E-state index is 0.323. The van der Waals surface area contributed by atoms with E-state index in [9.17, 15) is 0 Å². The van der Waals surface area contributed by atoms with E-state index in [0.717, 1.165) is 31.6 Å². The smallest absolute Gasteiger partial charge is 0.0991 e. The quantitative estimate of drug-likeness (QED) is 0.779. The van der Waals surface area contributed by atoms with E-state index in [1.165, 1.54) is 5.56 Å². The molecule has 1 fully saturated rings. The molecule has 0 aliphatic carbocycles. The summed E-state index contributed by atoms with van der Waals surface area (Å²) < 4.78 is 0. The maximum absolute atomic E-state index is 8.78. The standard InChI is InChI=1S/C12H15N3/c13-7-10-2-1-3-11(6-10)8-15-5-4-12(14)9-15/h1-3,6,12H,4-5,8-9,14H2/t12-/m1/s1. The van der Waals surface area contributed by atoms with Gasteiger partial charge in [0.15, 0.2) is 0 Å². The van der Waals surface area contributed by atoms with E-state index in [1.54, 1.807) is 0 Å². The molecule has 0 aromatic heterocycles. The van der Waals surface area contributed by atoms with Crippen molar-refractivity contribution in [1.82, 2.24) is 4.90 Å². The summed E-state index contributed by atoms with van der Waals surface area (Å²) in [5.41, 5.74) is 7.77. The lowest BCUT2D eigenvalue weighted by molar-refractivity contribution is 0.327. The van der Waals surface area contributed by atoms with Gasteiger partial charge < -0.3 is 5.73 Å². The second-order valence-electron chi connectivity index (χ2n) is 4.10. The lowest BCUT2D eigenvalue weighted by atomic mass is 10.1. The van der Waals surface area contributed by atoms with Crippen LogP contribution < -0.4 is 5.73 Å². The van der Waals surface area contributed by atoms with E-state index in [4.69, 9.17) is 11.0 Å². The Labute approximate surface area is 90.1 Å². The van der Waals surface area contributed by atoms with Crippen molar-refractivity contribution >= 4 is 0 Å². The second kappa shape index (κ2) is 4.43. The van der Waals surface area contributed by atoms with Gasteiger partial charge in [0.1, 0.15) is 0 Å². The van der Waals surface area contributed by atoms with Gasteiger partial charge in [0.05, 0.1) is 11.6 Å². The summed E-state index contributed by atoms with van der Waals surface area (Å²) in [5, 5.41) is 8.78. The predicted octanol–water partition coefficient (Wildman–Crippen LogP) is 1.09. The van der Waals surface area contributed by atoms with Gasteiger partial charge in [-0.3, -0.25) is 4.90 Å². The average molecular weight is 201 g/mol. The summed E-state index contributed by atoms with van der Waals surface area (Å²) in [6.07, 6.45) is 1.08. The molecule has 0 amide bonds. The van der Waals surface area contributed by atoms with Gasteiger partial charge in [0, 0.05) is 25.7 Å². The van der Waals surface area contributed by atoms with Crippen molar-refractivity contribution in [1.29, 1.82) is 5.26 Å². The molecule has 1 aliphatic rings. The largest absolute Gasteiger partial charge is 0.326 e. The first-order chi connectivity index (χ1) is 7.28. The van der Waals surface area contributed by atoms with Gasteiger partial charge in [0.25, 0.3) is 0 Å². The number of nitrogens with two attached hydrogens (primary N) is 1. The van der Waals surface area contributed by atoms with Crippen molar-refractivity contribution in [3.8, 4) is 6.07 Å². The van der Waals surface area contributed by atoms with Crippen LogP contribution in [0.4, 0.5) is 0 Å². The molecule has 78 valence electrons. The van der Waals surface area contributed by atoms with Gasteiger partial charge >= 0.3 is 0 Å². The highest BCUT2D eigenvalue weighted by Crippen LogP contribution is 2.13. The molecule has 1 aliphatic heterocycles. The first-order valence-corrected chi connectivity index (χ1v) is 5.25. The molecule has 3 heteroatoms. The number of likely N-dealkylation sites (tertiary alicyclic amines) is 1. The van der Waals surface area contributed by atoms with Crippen molar-refractivity contribution in [3.63, 3.8) is 0 Å². The van der Waals surface area contributed by atoms with Crippen LogP contribution in [-0.4, -0.2) is 24.0 Å². The van der Waals surface area contributed by atoms with Crippen LogP contribution in [-0.2, 0) is 6.54 Å². The van der Waals surface area contributed by atoms with Gasteiger partial charge in [-0.05, 0) is 24.1 Å². The molecule has 2 rings (SSSR count). The molecule has 3 nitrogen and oxygen atoms in total. The second-order valence-corrected chi connectivity index (χ2v) is 4.10. The zero-order valence-corrected chi connectivity index (χ0v) is 8.69. The summed E-state index contributed by atoms with van der Waals surface area (Å²) in [5.74, 6) is 0. The first-order valence-electron chi connectivity index (χ1n) is 5.25. The normalized spacial score (nSPS) is 21.5. The van der Waals surface area contributed by atoms with Crippen molar-refractivity contribution in [2.45, 2.75) is 19.0 Å². The molecule has 0 unspecified atom stereocenters. The van der Waals surface area contributed by atoms with Crippen LogP contribution in [0.2, 0.25) is 0 Å². The third-order valence-electron chi connectivity index (χ3n) is 2.77. The van der Waals surface area contributed by atoms with E-state index in [1.807, 2.05) is 18.2 Å². The van der Waals surface area contributed by atoms with E-state index >= 15 is 0 Å². The lowest BCUT2D eigenvalue weighted by Crippen LogP contribution is -2.26. The highest BCUT2D eigenvalue weighted by atomic mass is 15.2. The number of rotatable bonds is 2. The molecule has 1 atom stereocenters. The van der Waals surface area contributed by atoms with Crippen molar-refractivity contribution < 1.29 is 0 Å². The van der Waals surface area contributed by atoms with Gasteiger partial charge in [-0.25, -0.2) is 0 Å². The minimum absolute atomic E-state index is 0.323. The Bertz CT molecular complexity index is 381. The van der Waals surface area contributed by atoms with Crippen molar-refractivity contribution in [2.75, 3.05) is 13.1 Å². The Morgan fingerprint density at radius 2 is 2.40 bits per heavy atom. The average Bonchev–Trinajstić information content (AvgIpc) is 2.64. The van der Waals surface area contributed by atoms with Crippen molar-refractivity contribution in [3.05, 3.63) is 35.4 Å². The molecule has 1 heterocycles. The van der Waals surface area contributed by atoms with E-state index < -0.39 is 0 Å².